The Balaban J connectivity index is 1.35. The number of rotatable bonds is 7. The van der Waals surface area contributed by atoms with E-state index in [1.165, 1.54) is 35.6 Å². The summed E-state index contributed by atoms with van der Waals surface area (Å²) in [7, 11) is 0. The van der Waals surface area contributed by atoms with Gasteiger partial charge in [-0.3, -0.25) is 4.79 Å². The topological polar surface area (TPSA) is 51.2 Å². The Kier molecular flexibility index (Phi) is 6.93. The Morgan fingerprint density at radius 2 is 1.71 bits per heavy atom. The first-order valence-corrected chi connectivity index (χ1v) is 11.0. The number of alkyl halides is 3. The predicted octanol–water partition coefficient (Wildman–Crippen LogP) is 6.48. The lowest BCUT2D eigenvalue weighted by molar-refractivity contribution is -0.137. The molecule has 1 N–H and O–H groups in total. The third kappa shape index (κ3) is 5.99. The van der Waals surface area contributed by atoms with Crippen molar-refractivity contribution < 1.29 is 27.1 Å². The fourth-order valence-corrected chi connectivity index (χ4v) is 3.93. The maximum absolute atomic E-state index is 13.3. The lowest BCUT2D eigenvalue weighted by Crippen LogP contribution is -2.23. The van der Waals surface area contributed by atoms with E-state index >= 15 is 0 Å². The molecule has 4 rings (SSSR count). The van der Waals surface area contributed by atoms with E-state index in [4.69, 9.17) is 4.74 Å². The van der Waals surface area contributed by atoms with Crippen LogP contribution in [0.15, 0.2) is 78.2 Å². The molecule has 1 heterocycles. The second-order valence-corrected chi connectivity index (χ2v) is 8.22. The molecule has 0 saturated heterocycles. The molecule has 174 valence electrons. The van der Waals surface area contributed by atoms with Crippen LogP contribution in [0.25, 0.3) is 10.6 Å². The van der Waals surface area contributed by atoms with Crippen LogP contribution in [0.4, 0.5) is 17.6 Å². The van der Waals surface area contributed by atoms with Crippen molar-refractivity contribution in [3.8, 4) is 16.3 Å². The quantitative estimate of drug-likeness (QED) is 0.304. The molecule has 0 fully saturated rings. The zero-order valence-corrected chi connectivity index (χ0v) is 18.4. The van der Waals surface area contributed by atoms with Gasteiger partial charge < -0.3 is 10.1 Å². The first-order chi connectivity index (χ1) is 16.3. The molecule has 4 aromatic rings. The summed E-state index contributed by atoms with van der Waals surface area (Å²) in [4.78, 5) is 16.7. The van der Waals surface area contributed by atoms with Crippen molar-refractivity contribution >= 4 is 17.2 Å². The molecule has 0 saturated carbocycles. The van der Waals surface area contributed by atoms with Crippen LogP contribution < -0.4 is 10.1 Å². The molecule has 4 nitrogen and oxygen atoms in total. The monoisotopic (exact) mass is 486 g/mol. The molecule has 0 bridgehead atoms. The van der Waals surface area contributed by atoms with Crippen LogP contribution in [-0.2, 0) is 19.3 Å². The van der Waals surface area contributed by atoms with Gasteiger partial charge in [-0.1, -0.05) is 24.3 Å². The van der Waals surface area contributed by atoms with Crippen molar-refractivity contribution in [3.05, 3.63) is 106 Å². The number of nitrogens with zero attached hydrogens (tertiary/aromatic N) is 1. The maximum atomic E-state index is 13.3. The summed E-state index contributed by atoms with van der Waals surface area (Å²) >= 11 is 1.27. The molecule has 1 aromatic heterocycles. The van der Waals surface area contributed by atoms with Crippen LogP contribution in [0, 0.1) is 5.82 Å². The highest BCUT2D eigenvalue weighted by Gasteiger charge is 2.30. The zero-order valence-electron chi connectivity index (χ0n) is 17.6. The summed E-state index contributed by atoms with van der Waals surface area (Å²) in [6.45, 7) is 0.178. The standard InChI is InChI=1S/C25H18F4N2O2S/c26-20-6-2-4-17(12-20)14-33-21-9-7-18(8-10-21)24-31-22(15-34-24)23(32)30-13-16-3-1-5-19(11-16)25(27,28)29/h1-12,15H,13-14H2,(H,30,32). The minimum atomic E-state index is -4.44. The van der Waals surface area contributed by atoms with Gasteiger partial charge in [-0.15, -0.1) is 11.3 Å². The van der Waals surface area contributed by atoms with Gasteiger partial charge in [0.2, 0.25) is 0 Å². The average molecular weight is 486 g/mol. The molecule has 0 unspecified atom stereocenters. The molecule has 34 heavy (non-hydrogen) atoms. The Bertz CT molecular complexity index is 1290. The first-order valence-electron chi connectivity index (χ1n) is 10.2. The number of aromatic nitrogens is 1. The van der Waals surface area contributed by atoms with E-state index in [1.54, 1.807) is 41.8 Å². The third-order valence-corrected chi connectivity index (χ3v) is 5.73. The van der Waals surface area contributed by atoms with Gasteiger partial charge in [0, 0.05) is 17.5 Å². The molecule has 3 aromatic carbocycles. The Morgan fingerprint density at radius 3 is 2.44 bits per heavy atom. The van der Waals surface area contributed by atoms with Gasteiger partial charge in [0.25, 0.3) is 5.91 Å². The van der Waals surface area contributed by atoms with Crippen LogP contribution in [0.2, 0.25) is 0 Å². The normalized spacial score (nSPS) is 11.3. The molecule has 0 spiro atoms. The number of halogens is 4. The number of amides is 1. The highest BCUT2D eigenvalue weighted by molar-refractivity contribution is 7.13. The highest BCUT2D eigenvalue weighted by atomic mass is 32.1. The van der Waals surface area contributed by atoms with E-state index < -0.39 is 17.6 Å². The summed E-state index contributed by atoms with van der Waals surface area (Å²) < 4.78 is 57.4. The summed E-state index contributed by atoms with van der Waals surface area (Å²) in [6.07, 6.45) is -4.44. The van der Waals surface area contributed by atoms with Gasteiger partial charge in [-0.2, -0.15) is 13.2 Å². The van der Waals surface area contributed by atoms with Gasteiger partial charge in [-0.05, 0) is 59.7 Å². The van der Waals surface area contributed by atoms with Gasteiger partial charge >= 0.3 is 6.18 Å². The van der Waals surface area contributed by atoms with Crippen molar-refractivity contribution in [1.29, 1.82) is 0 Å². The van der Waals surface area contributed by atoms with Gasteiger partial charge in [-0.25, -0.2) is 9.37 Å². The van der Waals surface area contributed by atoms with Crippen molar-refractivity contribution in [2.45, 2.75) is 19.3 Å². The summed E-state index contributed by atoms with van der Waals surface area (Å²) in [5, 5.41) is 4.80. The molecule has 9 heteroatoms. The van der Waals surface area contributed by atoms with Crippen LogP contribution in [-0.4, -0.2) is 10.9 Å². The molecule has 1 amide bonds. The van der Waals surface area contributed by atoms with Crippen LogP contribution in [0.1, 0.15) is 27.2 Å². The minimum Gasteiger partial charge on any atom is -0.489 e. The number of hydrogen-bond donors (Lipinski definition) is 1. The molecule has 0 aliphatic heterocycles. The van der Waals surface area contributed by atoms with Crippen molar-refractivity contribution in [2.75, 3.05) is 0 Å². The predicted molar refractivity (Wildman–Crippen MR) is 121 cm³/mol. The van der Waals surface area contributed by atoms with Crippen molar-refractivity contribution in [2.24, 2.45) is 0 Å². The van der Waals surface area contributed by atoms with E-state index in [0.29, 0.717) is 21.9 Å². The number of carbonyl (C=O) groups excluding carboxylic acids is 1. The fraction of sp³-hybridized carbons (Fsp3) is 0.120. The lowest BCUT2D eigenvalue weighted by Gasteiger charge is -2.09. The Hall–Kier alpha value is -3.72. The van der Waals surface area contributed by atoms with Crippen molar-refractivity contribution in [3.63, 3.8) is 0 Å². The van der Waals surface area contributed by atoms with Gasteiger partial charge in [0.1, 0.15) is 28.9 Å². The smallest absolute Gasteiger partial charge is 0.416 e. The number of nitrogens with one attached hydrogen (secondary N) is 1. The summed E-state index contributed by atoms with van der Waals surface area (Å²) in [6, 6.07) is 18.1. The van der Waals surface area contributed by atoms with E-state index in [1.807, 2.05) is 0 Å². The third-order valence-electron chi connectivity index (χ3n) is 4.84. The summed E-state index contributed by atoms with van der Waals surface area (Å²) in [5.74, 6) is -0.200. The molecular weight excluding hydrogens is 468 g/mol. The lowest BCUT2D eigenvalue weighted by atomic mass is 10.1. The molecule has 0 atom stereocenters. The minimum absolute atomic E-state index is 0.0486. The first kappa shape index (κ1) is 23.4. The van der Waals surface area contributed by atoms with E-state index in [2.05, 4.69) is 10.3 Å². The Labute approximate surface area is 196 Å². The van der Waals surface area contributed by atoms with Crippen LogP contribution >= 0.6 is 11.3 Å². The largest absolute Gasteiger partial charge is 0.489 e. The second kappa shape index (κ2) is 10.0. The number of carbonyl (C=O) groups is 1. The highest BCUT2D eigenvalue weighted by Crippen LogP contribution is 2.30. The van der Waals surface area contributed by atoms with E-state index in [-0.39, 0.29) is 24.7 Å². The van der Waals surface area contributed by atoms with Gasteiger partial charge in [0.05, 0.1) is 5.56 Å². The average Bonchev–Trinajstić information content (AvgIpc) is 3.32. The van der Waals surface area contributed by atoms with E-state index in [9.17, 15) is 22.4 Å². The molecule has 0 radical (unpaired) electrons. The number of ether oxygens (including phenoxy) is 1. The number of hydrogen-bond acceptors (Lipinski definition) is 4. The number of thiazole rings is 1. The van der Waals surface area contributed by atoms with Crippen molar-refractivity contribution in [1.82, 2.24) is 10.3 Å². The van der Waals surface area contributed by atoms with Crippen LogP contribution in [0.3, 0.4) is 0 Å². The second-order valence-electron chi connectivity index (χ2n) is 7.36. The SMILES string of the molecule is O=C(NCc1cccc(C(F)(F)F)c1)c1csc(-c2ccc(OCc3cccc(F)c3)cc2)n1. The fourth-order valence-electron chi connectivity index (χ4n) is 3.13. The van der Waals surface area contributed by atoms with Gasteiger partial charge in [0.15, 0.2) is 0 Å². The molecule has 0 aliphatic rings. The number of benzene rings is 3. The molecule has 0 aliphatic carbocycles. The maximum Gasteiger partial charge on any atom is 0.416 e. The Morgan fingerprint density at radius 1 is 0.971 bits per heavy atom. The summed E-state index contributed by atoms with van der Waals surface area (Å²) in [5.41, 5.74) is 1.24. The van der Waals surface area contributed by atoms with E-state index in [0.717, 1.165) is 17.7 Å². The molecular formula is C25H18F4N2O2S. The zero-order chi connectivity index (χ0) is 24.1. The van der Waals surface area contributed by atoms with Crippen LogP contribution in [0.5, 0.6) is 5.75 Å².